The van der Waals surface area contributed by atoms with Gasteiger partial charge >= 0.3 is 0 Å². The Bertz CT molecular complexity index is 406. The molecule has 21 heavy (non-hydrogen) atoms. The molecule has 1 aromatic carbocycles. The zero-order valence-electron chi connectivity index (χ0n) is 13.3. The first kappa shape index (κ1) is 16.6. The fourth-order valence-electron chi connectivity index (χ4n) is 3.11. The van der Waals surface area contributed by atoms with Crippen LogP contribution in [0.3, 0.4) is 0 Å². The Hall–Kier alpha value is -0.730. The van der Waals surface area contributed by atoms with E-state index in [0.717, 1.165) is 42.2 Å². The van der Waals surface area contributed by atoms with Crippen LogP contribution in [0.1, 0.15) is 46.0 Å². The van der Waals surface area contributed by atoms with Crippen LogP contribution in [0.25, 0.3) is 0 Å². The van der Waals surface area contributed by atoms with E-state index in [-0.39, 0.29) is 0 Å². The SMILES string of the molecule is C[C@H]1[C@H](C)CCC[C@@H]1NCCCCOc1ccc(Cl)cc1. The summed E-state index contributed by atoms with van der Waals surface area (Å²) in [7, 11) is 0. The first-order valence-electron chi connectivity index (χ1n) is 8.28. The standard InChI is InChI=1S/C18H28ClNO/c1-14-6-5-7-18(15(14)2)20-12-3-4-13-21-17-10-8-16(19)9-11-17/h8-11,14-15,18,20H,3-7,12-13H2,1-2H3/t14-,15+,18+/m1/s1. The lowest BCUT2D eigenvalue weighted by molar-refractivity contribution is 0.205. The van der Waals surface area contributed by atoms with Crippen LogP contribution in [0.2, 0.25) is 5.02 Å². The molecule has 1 aromatic rings. The van der Waals surface area contributed by atoms with Crippen LogP contribution >= 0.6 is 11.6 Å². The van der Waals surface area contributed by atoms with Crippen molar-refractivity contribution in [2.45, 2.75) is 52.0 Å². The maximum Gasteiger partial charge on any atom is 0.119 e. The third kappa shape index (κ3) is 5.52. The summed E-state index contributed by atoms with van der Waals surface area (Å²) in [6, 6.07) is 8.29. The number of nitrogens with one attached hydrogen (secondary N) is 1. The van der Waals surface area contributed by atoms with Gasteiger partial charge in [-0.25, -0.2) is 0 Å². The van der Waals surface area contributed by atoms with Crippen molar-refractivity contribution in [3.8, 4) is 5.75 Å². The minimum absolute atomic E-state index is 0.714. The van der Waals surface area contributed by atoms with Gasteiger partial charge in [0.15, 0.2) is 0 Å². The van der Waals surface area contributed by atoms with Crippen molar-refractivity contribution in [3.05, 3.63) is 29.3 Å². The van der Waals surface area contributed by atoms with Crippen LogP contribution in [0.4, 0.5) is 0 Å². The van der Waals surface area contributed by atoms with Gasteiger partial charge in [0.25, 0.3) is 0 Å². The van der Waals surface area contributed by atoms with Gasteiger partial charge in [-0.1, -0.05) is 38.3 Å². The lowest BCUT2D eigenvalue weighted by atomic mass is 9.78. The number of hydrogen-bond acceptors (Lipinski definition) is 2. The van der Waals surface area contributed by atoms with Gasteiger partial charge in [0, 0.05) is 11.1 Å². The lowest BCUT2D eigenvalue weighted by Gasteiger charge is -2.34. The second-order valence-corrected chi connectivity index (χ2v) is 6.77. The summed E-state index contributed by atoms with van der Waals surface area (Å²) in [5.41, 5.74) is 0. The van der Waals surface area contributed by atoms with Crippen molar-refractivity contribution >= 4 is 11.6 Å². The molecule has 0 amide bonds. The van der Waals surface area contributed by atoms with Gasteiger partial charge in [-0.2, -0.15) is 0 Å². The van der Waals surface area contributed by atoms with E-state index in [4.69, 9.17) is 16.3 Å². The topological polar surface area (TPSA) is 21.3 Å². The molecule has 2 rings (SSSR count). The second kappa shape index (κ2) is 8.65. The van der Waals surface area contributed by atoms with E-state index in [1.54, 1.807) is 0 Å². The molecule has 0 radical (unpaired) electrons. The van der Waals surface area contributed by atoms with Crippen LogP contribution in [0.5, 0.6) is 5.75 Å². The number of benzene rings is 1. The van der Waals surface area contributed by atoms with Crippen LogP contribution in [0.15, 0.2) is 24.3 Å². The number of halogens is 1. The van der Waals surface area contributed by atoms with Gasteiger partial charge in [0.05, 0.1) is 6.61 Å². The summed E-state index contributed by atoms with van der Waals surface area (Å²) < 4.78 is 5.70. The monoisotopic (exact) mass is 309 g/mol. The highest BCUT2D eigenvalue weighted by Crippen LogP contribution is 2.29. The van der Waals surface area contributed by atoms with E-state index in [0.29, 0.717) is 6.04 Å². The van der Waals surface area contributed by atoms with Crippen LogP contribution in [0, 0.1) is 11.8 Å². The number of hydrogen-bond donors (Lipinski definition) is 1. The summed E-state index contributed by atoms with van der Waals surface area (Å²) in [5.74, 6) is 2.58. The van der Waals surface area contributed by atoms with Gasteiger partial charge < -0.3 is 10.1 Å². The molecular formula is C18H28ClNO. The van der Waals surface area contributed by atoms with E-state index in [2.05, 4.69) is 19.2 Å². The van der Waals surface area contributed by atoms with Gasteiger partial charge in [-0.05, 0) is 61.9 Å². The zero-order valence-corrected chi connectivity index (χ0v) is 14.0. The average Bonchev–Trinajstić information content (AvgIpc) is 2.49. The number of ether oxygens (including phenoxy) is 1. The summed E-state index contributed by atoms with van der Waals surface area (Å²) in [5, 5.41) is 4.49. The minimum Gasteiger partial charge on any atom is -0.494 e. The first-order chi connectivity index (χ1) is 10.2. The molecule has 1 aliphatic carbocycles. The Morgan fingerprint density at radius 3 is 2.67 bits per heavy atom. The molecule has 1 fully saturated rings. The number of unbranched alkanes of at least 4 members (excludes halogenated alkanes) is 1. The summed E-state index contributed by atoms with van der Waals surface area (Å²) in [6.45, 7) is 6.66. The molecule has 118 valence electrons. The highest BCUT2D eigenvalue weighted by Gasteiger charge is 2.26. The molecule has 3 atom stereocenters. The molecule has 2 nitrogen and oxygen atoms in total. The summed E-state index contributed by atoms with van der Waals surface area (Å²) in [4.78, 5) is 0. The normalized spacial score (nSPS) is 25.8. The molecule has 0 saturated heterocycles. The Balaban J connectivity index is 1.55. The molecule has 1 saturated carbocycles. The molecule has 0 unspecified atom stereocenters. The zero-order chi connectivity index (χ0) is 15.1. The van der Waals surface area contributed by atoms with Crippen LogP contribution < -0.4 is 10.1 Å². The third-order valence-electron chi connectivity index (χ3n) is 4.77. The molecule has 0 heterocycles. The largest absolute Gasteiger partial charge is 0.494 e. The van der Waals surface area contributed by atoms with Crippen molar-refractivity contribution < 1.29 is 4.74 Å². The minimum atomic E-state index is 0.714. The smallest absolute Gasteiger partial charge is 0.119 e. The van der Waals surface area contributed by atoms with Gasteiger partial charge in [0.1, 0.15) is 5.75 Å². The fourth-order valence-corrected chi connectivity index (χ4v) is 3.23. The number of rotatable bonds is 7. The Kier molecular flexibility index (Phi) is 6.85. The summed E-state index contributed by atoms with van der Waals surface area (Å²) >= 11 is 5.85. The molecule has 0 spiro atoms. The van der Waals surface area contributed by atoms with E-state index in [1.165, 1.54) is 25.7 Å². The van der Waals surface area contributed by atoms with Gasteiger partial charge in [-0.3, -0.25) is 0 Å². The fraction of sp³-hybridized carbons (Fsp3) is 0.667. The highest BCUT2D eigenvalue weighted by atomic mass is 35.5. The van der Waals surface area contributed by atoms with Crippen molar-refractivity contribution in [3.63, 3.8) is 0 Å². The van der Waals surface area contributed by atoms with Crippen LogP contribution in [-0.4, -0.2) is 19.2 Å². The van der Waals surface area contributed by atoms with E-state index in [9.17, 15) is 0 Å². The molecule has 0 aromatic heterocycles. The van der Waals surface area contributed by atoms with Gasteiger partial charge in [0.2, 0.25) is 0 Å². The molecule has 1 N–H and O–H groups in total. The van der Waals surface area contributed by atoms with Crippen molar-refractivity contribution in [2.24, 2.45) is 11.8 Å². The molecule has 0 bridgehead atoms. The third-order valence-corrected chi connectivity index (χ3v) is 5.02. The van der Waals surface area contributed by atoms with Crippen molar-refractivity contribution in [2.75, 3.05) is 13.2 Å². The van der Waals surface area contributed by atoms with Gasteiger partial charge in [-0.15, -0.1) is 0 Å². The predicted octanol–water partition coefficient (Wildman–Crippen LogP) is 4.91. The van der Waals surface area contributed by atoms with E-state index >= 15 is 0 Å². The van der Waals surface area contributed by atoms with E-state index in [1.807, 2.05) is 24.3 Å². The quantitative estimate of drug-likeness (QED) is 0.722. The second-order valence-electron chi connectivity index (χ2n) is 6.34. The predicted molar refractivity (Wildman–Crippen MR) is 90.2 cm³/mol. The molecule has 1 aliphatic rings. The molecular weight excluding hydrogens is 282 g/mol. The van der Waals surface area contributed by atoms with Crippen molar-refractivity contribution in [1.82, 2.24) is 5.32 Å². The first-order valence-corrected chi connectivity index (χ1v) is 8.66. The van der Waals surface area contributed by atoms with E-state index < -0.39 is 0 Å². The Morgan fingerprint density at radius 2 is 1.90 bits per heavy atom. The highest BCUT2D eigenvalue weighted by molar-refractivity contribution is 6.30. The van der Waals surface area contributed by atoms with Crippen molar-refractivity contribution in [1.29, 1.82) is 0 Å². The maximum atomic E-state index is 5.85. The Morgan fingerprint density at radius 1 is 1.14 bits per heavy atom. The molecule has 0 aliphatic heterocycles. The Labute approximate surface area is 134 Å². The van der Waals surface area contributed by atoms with Crippen LogP contribution in [-0.2, 0) is 0 Å². The lowest BCUT2D eigenvalue weighted by Crippen LogP contribution is -2.41. The average molecular weight is 310 g/mol. The summed E-state index contributed by atoms with van der Waals surface area (Å²) in [6.07, 6.45) is 6.38. The maximum absolute atomic E-state index is 5.85. The molecule has 3 heteroatoms.